The molecule has 190 valence electrons. The number of anilines is 1. The molecule has 3 rings (SSSR count). The van der Waals surface area contributed by atoms with Gasteiger partial charge in [-0.1, -0.05) is 35.9 Å². The van der Waals surface area contributed by atoms with Crippen LogP contribution in [0.4, 0.5) is 18.9 Å². The van der Waals surface area contributed by atoms with E-state index in [1.807, 2.05) is 0 Å². The highest BCUT2D eigenvalue weighted by Gasteiger charge is 2.42. The van der Waals surface area contributed by atoms with Gasteiger partial charge in [0.1, 0.15) is 12.8 Å². The lowest BCUT2D eigenvalue weighted by molar-refractivity contribution is -0.0900. The fourth-order valence-corrected chi connectivity index (χ4v) is 5.99. The third kappa shape index (κ3) is 5.61. The fraction of sp³-hybridized carbons (Fsp3) is 0.304. The molecule has 1 atom stereocenters. The minimum absolute atomic E-state index is 0.0220. The van der Waals surface area contributed by atoms with Crippen molar-refractivity contribution in [1.82, 2.24) is 5.32 Å². The van der Waals surface area contributed by atoms with Crippen LogP contribution in [0, 0.1) is 0 Å². The van der Waals surface area contributed by atoms with E-state index in [1.54, 1.807) is 19.4 Å². The van der Waals surface area contributed by atoms with Crippen LogP contribution in [0.15, 0.2) is 70.9 Å². The Morgan fingerprint density at radius 1 is 1.14 bits per heavy atom. The van der Waals surface area contributed by atoms with Gasteiger partial charge in [0.25, 0.3) is 0 Å². The highest BCUT2D eigenvalue weighted by Crippen LogP contribution is 2.40. The Bertz CT molecular complexity index is 1370. The van der Waals surface area contributed by atoms with Gasteiger partial charge in [-0.3, -0.25) is 0 Å². The molecule has 1 heterocycles. The molecular formula is C23H26ClF3N3O3PS. The Hall–Kier alpha value is -2.26. The van der Waals surface area contributed by atoms with Gasteiger partial charge >= 0.3 is 6.18 Å². The minimum Gasteiger partial charge on any atom is -0.366 e. The van der Waals surface area contributed by atoms with Gasteiger partial charge in [0.05, 0.1) is 27.1 Å². The number of allylic oxidation sites excluding steroid dienone is 1. The molecule has 2 aromatic rings. The molecule has 0 aromatic heterocycles. The van der Waals surface area contributed by atoms with Crippen molar-refractivity contribution in [2.24, 2.45) is 5.73 Å². The van der Waals surface area contributed by atoms with Crippen molar-refractivity contribution in [2.45, 2.75) is 35.8 Å². The first-order valence-electron chi connectivity index (χ1n) is 10.5. The molecule has 35 heavy (non-hydrogen) atoms. The molecule has 0 radical (unpaired) electrons. The summed E-state index contributed by atoms with van der Waals surface area (Å²) in [5.74, 6) is 0. The van der Waals surface area contributed by atoms with Gasteiger partial charge in [-0.2, -0.15) is 13.2 Å². The van der Waals surface area contributed by atoms with Gasteiger partial charge in [-0.25, -0.2) is 8.42 Å². The molecule has 1 aliphatic rings. The number of halogens is 4. The number of benzene rings is 2. The lowest BCUT2D eigenvalue weighted by Crippen LogP contribution is -2.50. The number of rotatable bonds is 6. The van der Waals surface area contributed by atoms with Gasteiger partial charge in [0.2, 0.25) is 0 Å². The highest BCUT2D eigenvalue weighted by atomic mass is 35.5. The van der Waals surface area contributed by atoms with E-state index in [2.05, 4.69) is 10.6 Å². The first kappa shape index (κ1) is 27.3. The molecule has 0 saturated heterocycles. The molecule has 0 fully saturated rings. The van der Waals surface area contributed by atoms with Gasteiger partial charge in [-0.05, 0) is 51.5 Å². The van der Waals surface area contributed by atoms with Gasteiger partial charge in [0.15, 0.2) is 9.84 Å². The molecule has 0 bridgehead atoms. The molecule has 1 unspecified atom stereocenters. The Balaban J connectivity index is 2.14. The zero-order valence-electron chi connectivity index (χ0n) is 19.4. The normalized spacial score (nSPS) is 19.1. The first-order chi connectivity index (χ1) is 16.0. The number of alkyl halides is 3. The van der Waals surface area contributed by atoms with Gasteiger partial charge < -0.3 is 20.9 Å². The lowest BCUT2D eigenvalue weighted by Gasteiger charge is -2.34. The summed E-state index contributed by atoms with van der Waals surface area (Å²) in [7, 11) is -6.44. The van der Waals surface area contributed by atoms with Crippen LogP contribution in [0.2, 0.25) is 5.02 Å². The van der Waals surface area contributed by atoms with E-state index >= 15 is 0 Å². The molecule has 4 N–H and O–H groups in total. The number of dihydropyridines is 1. The number of hydrogen-bond donors (Lipinski definition) is 3. The second-order valence-corrected chi connectivity index (χ2v) is 15.0. The molecule has 6 nitrogen and oxygen atoms in total. The standard InChI is InChI=1S/C23H26ClF3N3O3PS/c1-14(2)35(32,33)21-8-6-5-7-19(21)30-20-12-22(28,29-13-17(20)23(25,26)27)16-10-9-15(11-18(16)24)34(3,4)31/h5-14,29-30H,28H2,1-4H3. The van der Waals surface area contributed by atoms with Crippen LogP contribution in [-0.2, 0) is 20.1 Å². The zero-order chi connectivity index (χ0) is 26.4. The van der Waals surface area contributed by atoms with Gasteiger partial charge in [-0.15, -0.1) is 0 Å². The summed E-state index contributed by atoms with van der Waals surface area (Å²) in [6.07, 6.45) is -2.95. The predicted molar refractivity (Wildman–Crippen MR) is 134 cm³/mol. The van der Waals surface area contributed by atoms with Crippen molar-refractivity contribution < 1.29 is 26.2 Å². The number of sulfone groups is 1. The number of nitrogens with two attached hydrogens (primary N) is 1. The summed E-state index contributed by atoms with van der Waals surface area (Å²) in [5, 5.41) is 5.01. The lowest BCUT2D eigenvalue weighted by atomic mass is 9.94. The van der Waals surface area contributed by atoms with Crippen molar-refractivity contribution in [3.05, 3.63) is 76.6 Å². The Kier molecular flexibility index (Phi) is 7.27. The number of para-hydroxylation sites is 1. The fourth-order valence-electron chi connectivity index (χ4n) is 3.50. The molecule has 1 aliphatic heterocycles. The van der Waals surface area contributed by atoms with E-state index in [0.29, 0.717) is 5.30 Å². The molecule has 2 aromatic carbocycles. The largest absolute Gasteiger partial charge is 0.419 e. The average Bonchev–Trinajstić information content (AvgIpc) is 2.72. The second-order valence-electron chi connectivity index (χ2n) is 8.86. The van der Waals surface area contributed by atoms with Crippen molar-refractivity contribution in [2.75, 3.05) is 18.6 Å². The van der Waals surface area contributed by atoms with Crippen LogP contribution in [0.5, 0.6) is 0 Å². The third-order valence-electron chi connectivity index (χ3n) is 5.53. The average molecular weight is 548 g/mol. The molecule has 0 spiro atoms. The van der Waals surface area contributed by atoms with E-state index in [0.717, 1.165) is 12.3 Å². The molecule has 0 aliphatic carbocycles. The molecule has 0 amide bonds. The van der Waals surface area contributed by atoms with Crippen LogP contribution in [-0.4, -0.2) is 33.2 Å². The summed E-state index contributed by atoms with van der Waals surface area (Å²) >= 11 is 6.40. The summed E-state index contributed by atoms with van der Waals surface area (Å²) in [5.41, 5.74) is 3.48. The summed E-state index contributed by atoms with van der Waals surface area (Å²) < 4.78 is 79.6. The summed E-state index contributed by atoms with van der Waals surface area (Å²) in [4.78, 5) is -0.136. The van der Waals surface area contributed by atoms with Crippen molar-refractivity contribution in [1.29, 1.82) is 0 Å². The van der Waals surface area contributed by atoms with Crippen LogP contribution in [0.3, 0.4) is 0 Å². The van der Waals surface area contributed by atoms with E-state index < -0.39 is 45.3 Å². The maximum Gasteiger partial charge on any atom is 0.419 e. The summed E-state index contributed by atoms with van der Waals surface area (Å²) in [6, 6.07) is 10.3. The molecular weight excluding hydrogens is 522 g/mol. The summed E-state index contributed by atoms with van der Waals surface area (Å²) in [6.45, 7) is 6.11. The van der Waals surface area contributed by atoms with Crippen molar-refractivity contribution in [3.8, 4) is 0 Å². The maximum absolute atomic E-state index is 13.9. The van der Waals surface area contributed by atoms with Crippen LogP contribution >= 0.6 is 18.7 Å². The Labute approximate surface area is 207 Å². The Morgan fingerprint density at radius 2 is 1.77 bits per heavy atom. The van der Waals surface area contributed by atoms with Crippen LogP contribution < -0.4 is 21.7 Å². The number of hydrogen-bond acceptors (Lipinski definition) is 6. The predicted octanol–water partition coefficient (Wildman–Crippen LogP) is 4.93. The first-order valence-corrected chi connectivity index (χ1v) is 15.0. The minimum atomic E-state index is -4.77. The second kappa shape index (κ2) is 9.32. The quantitative estimate of drug-likeness (QED) is 0.444. The Morgan fingerprint density at radius 3 is 2.31 bits per heavy atom. The van der Waals surface area contributed by atoms with Crippen LogP contribution in [0.25, 0.3) is 0 Å². The third-order valence-corrected chi connectivity index (χ3v) is 9.57. The highest BCUT2D eigenvalue weighted by molar-refractivity contribution is 7.92. The monoisotopic (exact) mass is 547 g/mol. The van der Waals surface area contributed by atoms with Gasteiger partial charge in [0, 0.05) is 22.1 Å². The van der Waals surface area contributed by atoms with E-state index in [9.17, 15) is 26.2 Å². The smallest absolute Gasteiger partial charge is 0.366 e. The zero-order valence-corrected chi connectivity index (χ0v) is 21.9. The number of nitrogens with one attached hydrogen (secondary N) is 2. The maximum atomic E-state index is 13.9. The molecule has 12 heteroatoms. The van der Waals surface area contributed by atoms with Crippen LogP contribution in [0.1, 0.15) is 19.4 Å². The van der Waals surface area contributed by atoms with E-state index in [-0.39, 0.29) is 21.2 Å². The van der Waals surface area contributed by atoms with E-state index in [1.165, 1.54) is 50.2 Å². The van der Waals surface area contributed by atoms with Crippen molar-refractivity contribution in [3.63, 3.8) is 0 Å². The van der Waals surface area contributed by atoms with E-state index in [4.69, 9.17) is 17.3 Å². The SMILES string of the molecule is CC(C)S(=O)(=O)c1ccccc1NC1=CC(N)(c2ccc(P(C)(C)=O)cc2Cl)NC=C1C(F)(F)F. The molecule has 0 saturated carbocycles. The van der Waals surface area contributed by atoms with Crippen molar-refractivity contribution >= 4 is 39.6 Å². The topological polar surface area (TPSA) is 101 Å².